The van der Waals surface area contributed by atoms with Crippen molar-refractivity contribution in [2.24, 2.45) is 0 Å². The number of ether oxygens (including phenoxy) is 2. The van der Waals surface area contributed by atoms with E-state index in [1.165, 1.54) is 18.2 Å². The van der Waals surface area contributed by atoms with Gasteiger partial charge in [0, 0.05) is 36.4 Å². The van der Waals surface area contributed by atoms with Crippen molar-refractivity contribution >= 4 is 11.0 Å². The van der Waals surface area contributed by atoms with Crippen molar-refractivity contribution in [2.45, 2.75) is 39.2 Å². The summed E-state index contributed by atoms with van der Waals surface area (Å²) in [5.74, 6) is 0.286. The van der Waals surface area contributed by atoms with Gasteiger partial charge in [0.1, 0.15) is 34.8 Å². The van der Waals surface area contributed by atoms with Crippen LogP contribution in [0.2, 0.25) is 0 Å². The van der Waals surface area contributed by atoms with Crippen molar-refractivity contribution in [3.05, 3.63) is 93.5 Å². The van der Waals surface area contributed by atoms with Gasteiger partial charge in [-0.2, -0.15) is 13.2 Å². The number of benzene rings is 2. The molecule has 0 atom stereocenters. The van der Waals surface area contributed by atoms with E-state index in [4.69, 9.17) is 13.9 Å². The predicted octanol–water partition coefficient (Wildman–Crippen LogP) is 6.19. The van der Waals surface area contributed by atoms with Crippen LogP contribution in [0.5, 0.6) is 17.4 Å². The lowest BCUT2D eigenvalue weighted by Gasteiger charge is -2.14. The fourth-order valence-corrected chi connectivity index (χ4v) is 3.47. The monoisotopic (exact) mass is 485 g/mol. The van der Waals surface area contributed by atoms with Crippen LogP contribution in [-0.4, -0.2) is 10.1 Å². The van der Waals surface area contributed by atoms with Gasteiger partial charge in [0.15, 0.2) is 5.43 Å². The maximum atomic E-state index is 13.1. The lowest BCUT2D eigenvalue weighted by molar-refractivity contribution is -0.137. The second kappa shape index (κ2) is 9.79. The van der Waals surface area contributed by atoms with E-state index in [0.29, 0.717) is 16.9 Å². The van der Waals surface area contributed by atoms with Crippen LogP contribution in [0.1, 0.15) is 42.2 Å². The largest absolute Gasteiger partial charge is 0.488 e. The lowest BCUT2D eigenvalue weighted by atomic mass is 10.1. The standard InChI is InChI=1S/C26H22F3NO5/c1-15(2)21-12-20(32)25-22(33-14-17-6-4-3-5-16(17)13-31)10-19(11-23(25)35-21)34-24-9-18(7-8-30-24)26(27,28)29/h3-12,15,31H,13-14H2,1-2H3. The van der Waals surface area contributed by atoms with E-state index in [-0.39, 0.29) is 52.9 Å². The Bertz CT molecular complexity index is 1410. The molecule has 0 saturated carbocycles. The van der Waals surface area contributed by atoms with Crippen LogP contribution in [0.25, 0.3) is 11.0 Å². The van der Waals surface area contributed by atoms with Crippen LogP contribution in [0.4, 0.5) is 13.2 Å². The van der Waals surface area contributed by atoms with E-state index in [1.807, 2.05) is 13.8 Å². The first-order chi connectivity index (χ1) is 16.7. The molecule has 6 nitrogen and oxygen atoms in total. The molecule has 0 radical (unpaired) electrons. The fourth-order valence-electron chi connectivity index (χ4n) is 3.47. The zero-order valence-corrected chi connectivity index (χ0v) is 18.9. The number of aliphatic hydroxyl groups is 1. The Balaban J connectivity index is 1.77. The Labute approximate surface area is 198 Å². The molecule has 2 heterocycles. The maximum Gasteiger partial charge on any atom is 0.416 e. The van der Waals surface area contributed by atoms with Crippen molar-refractivity contribution in [3.63, 3.8) is 0 Å². The highest BCUT2D eigenvalue weighted by Crippen LogP contribution is 2.35. The van der Waals surface area contributed by atoms with Crippen LogP contribution < -0.4 is 14.9 Å². The summed E-state index contributed by atoms with van der Waals surface area (Å²) in [4.78, 5) is 16.8. The van der Waals surface area contributed by atoms with Gasteiger partial charge >= 0.3 is 6.18 Å². The predicted molar refractivity (Wildman–Crippen MR) is 123 cm³/mol. The average molecular weight is 485 g/mol. The minimum absolute atomic E-state index is 0.0302. The van der Waals surface area contributed by atoms with Gasteiger partial charge in [-0.15, -0.1) is 0 Å². The Morgan fingerprint density at radius 3 is 2.49 bits per heavy atom. The summed E-state index contributed by atoms with van der Waals surface area (Å²) < 4.78 is 56.7. The third-order valence-corrected chi connectivity index (χ3v) is 5.31. The number of nitrogens with zero attached hydrogens (tertiary/aromatic N) is 1. The number of aromatic nitrogens is 1. The van der Waals surface area contributed by atoms with E-state index in [1.54, 1.807) is 24.3 Å². The van der Waals surface area contributed by atoms with Gasteiger partial charge in [-0.3, -0.25) is 4.79 Å². The topological polar surface area (TPSA) is 81.8 Å². The van der Waals surface area contributed by atoms with Crippen LogP contribution in [0.15, 0.2) is 70.0 Å². The third kappa shape index (κ3) is 5.46. The number of alkyl halides is 3. The van der Waals surface area contributed by atoms with Crippen molar-refractivity contribution in [1.82, 2.24) is 4.98 Å². The van der Waals surface area contributed by atoms with Gasteiger partial charge in [0.25, 0.3) is 0 Å². The Morgan fingerprint density at radius 2 is 1.80 bits per heavy atom. The molecule has 0 aliphatic rings. The number of hydrogen-bond acceptors (Lipinski definition) is 6. The van der Waals surface area contributed by atoms with Crippen LogP contribution in [-0.2, 0) is 19.4 Å². The molecule has 35 heavy (non-hydrogen) atoms. The number of rotatable bonds is 7. The molecule has 1 N–H and O–H groups in total. The summed E-state index contributed by atoms with van der Waals surface area (Å²) in [5.41, 5.74) is 0.290. The second-order valence-corrected chi connectivity index (χ2v) is 8.16. The summed E-state index contributed by atoms with van der Waals surface area (Å²) in [6.07, 6.45) is -3.56. The van der Waals surface area contributed by atoms with Gasteiger partial charge in [-0.1, -0.05) is 38.1 Å². The zero-order valence-electron chi connectivity index (χ0n) is 18.9. The summed E-state index contributed by atoms with van der Waals surface area (Å²) in [6.45, 7) is 3.56. The fraction of sp³-hybridized carbons (Fsp3) is 0.231. The molecule has 4 rings (SSSR count). The SMILES string of the molecule is CC(C)c1cc(=O)c2c(OCc3ccccc3CO)cc(Oc3cc(C(F)(F)F)ccn3)cc2o1. The molecule has 0 unspecified atom stereocenters. The van der Waals surface area contributed by atoms with Gasteiger partial charge in [-0.05, 0) is 17.2 Å². The number of pyridine rings is 1. The Hall–Kier alpha value is -3.85. The highest BCUT2D eigenvalue weighted by atomic mass is 19.4. The third-order valence-electron chi connectivity index (χ3n) is 5.31. The number of aliphatic hydroxyl groups excluding tert-OH is 1. The molecule has 0 amide bonds. The second-order valence-electron chi connectivity index (χ2n) is 8.16. The van der Waals surface area contributed by atoms with E-state index in [0.717, 1.165) is 18.3 Å². The molecular weight excluding hydrogens is 463 g/mol. The molecular formula is C26H22F3NO5. The molecule has 182 valence electrons. The smallest absolute Gasteiger partial charge is 0.416 e. The van der Waals surface area contributed by atoms with Crippen LogP contribution >= 0.6 is 0 Å². The lowest BCUT2D eigenvalue weighted by Crippen LogP contribution is -2.08. The van der Waals surface area contributed by atoms with E-state index in [2.05, 4.69) is 4.98 Å². The quantitative estimate of drug-likeness (QED) is 0.336. The van der Waals surface area contributed by atoms with Crippen LogP contribution in [0.3, 0.4) is 0 Å². The first kappa shape index (κ1) is 24.3. The molecule has 0 bridgehead atoms. The Kier molecular flexibility index (Phi) is 6.79. The highest BCUT2D eigenvalue weighted by molar-refractivity contribution is 5.85. The average Bonchev–Trinajstić information content (AvgIpc) is 2.82. The first-order valence-electron chi connectivity index (χ1n) is 10.8. The van der Waals surface area contributed by atoms with Crippen LogP contribution in [0, 0.1) is 0 Å². The number of halogens is 3. The van der Waals surface area contributed by atoms with Gasteiger partial charge in [0.2, 0.25) is 5.88 Å². The molecule has 0 saturated heterocycles. The van der Waals surface area contributed by atoms with Gasteiger partial charge in [0.05, 0.1) is 12.2 Å². The van der Waals surface area contributed by atoms with E-state index >= 15 is 0 Å². The zero-order chi connectivity index (χ0) is 25.2. The minimum Gasteiger partial charge on any atom is -0.488 e. The molecule has 2 aromatic carbocycles. The van der Waals surface area contributed by atoms with Gasteiger partial charge in [-0.25, -0.2) is 4.98 Å². The van der Waals surface area contributed by atoms with E-state index in [9.17, 15) is 23.1 Å². The normalized spacial score (nSPS) is 11.7. The molecule has 0 fully saturated rings. The highest BCUT2D eigenvalue weighted by Gasteiger charge is 2.31. The minimum atomic E-state index is -4.56. The summed E-state index contributed by atoms with van der Waals surface area (Å²) in [5, 5.41) is 9.74. The van der Waals surface area contributed by atoms with Crippen molar-refractivity contribution < 1.29 is 32.2 Å². The molecule has 0 spiro atoms. The maximum absolute atomic E-state index is 13.1. The Morgan fingerprint density at radius 1 is 1.06 bits per heavy atom. The molecule has 9 heteroatoms. The molecule has 2 aromatic heterocycles. The molecule has 0 aliphatic heterocycles. The number of fused-ring (bicyclic) bond motifs is 1. The summed E-state index contributed by atoms with van der Waals surface area (Å²) >= 11 is 0. The molecule has 4 aromatic rings. The van der Waals surface area contributed by atoms with Crippen molar-refractivity contribution in [1.29, 1.82) is 0 Å². The summed E-state index contributed by atoms with van der Waals surface area (Å²) in [6, 6.07) is 12.9. The van der Waals surface area contributed by atoms with Gasteiger partial charge < -0.3 is 19.0 Å². The van der Waals surface area contributed by atoms with Crippen molar-refractivity contribution in [2.75, 3.05) is 0 Å². The molecule has 0 aliphatic carbocycles. The summed E-state index contributed by atoms with van der Waals surface area (Å²) in [7, 11) is 0. The number of hydrogen-bond donors (Lipinski definition) is 1. The van der Waals surface area contributed by atoms with E-state index < -0.39 is 11.7 Å². The van der Waals surface area contributed by atoms with Crippen molar-refractivity contribution in [3.8, 4) is 17.4 Å². The first-order valence-corrected chi connectivity index (χ1v) is 10.8.